The fourth-order valence-corrected chi connectivity index (χ4v) is 5.17. The van der Waals surface area contributed by atoms with Gasteiger partial charge in [0.1, 0.15) is 5.60 Å². The van der Waals surface area contributed by atoms with Crippen molar-refractivity contribution in [2.75, 3.05) is 20.2 Å². The van der Waals surface area contributed by atoms with Crippen molar-refractivity contribution in [2.45, 2.75) is 90.0 Å². The minimum absolute atomic E-state index is 0.281. The molecule has 7 nitrogen and oxygen atoms in total. The quantitative estimate of drug-likeness (QED) is 0.504. The van der Waals surface area contributed by atoms with E-state index in [-0.39, 0.29) is 5.41 Å². The molecule has 7 heteroatoms. The lowest BCUT2D eigenvalue weighted by atomic mass is 9.54. The monoisotopic (exact) mass is 394 g/mol. The summed E-state index contributed by atoms with van der Waals surface area (Å²) in [5.74, 6) is 1.38. The Bertz CT molecular complexity index is 605. The van der Waals surface area contributed by atoms with E-state index < -0.39 is 17.2 Å². The second-order valence-corrected chi connectivity index (χ2v) is 10.2. The molecule has 1 spiro atoms. The van der Waals surface area contributed by atoms with Crippen LogP contribution in [0.3, 0.4) is 0 Å². The molecule has 3 unspecified atom stereocenters. The second kappa shape index (κ2) is 7.73. The third kappa shape index (κ3) is 4.39. The summed E-state index contributed by atoms with van der Waals surface area (Å²) in [5, 5.41) is 10.0. The van der Waals surface area contributed by atoms with Crippen LogP contribution in [0.25, 0.3) is 0 Å². The lowest BCUT2D eigenvalue weighted by Gasteiger charge is -2.57. The zero-order valence-corrected chi connectivity index (χ0v) is 18.4. The van der Waals surface area contributed by atoms with Gasteiger partial charge in [-0.25, -0.2) is 4.79 Å². The highest BCUT2D eigenvalue weighted by molar-refractivity contribution is 5.80. The summed E-state index contributed by atoms with van der Waals surface area (Å²) in [4.78, 5) is 16.5. The maximum absolute atomic E-state index is 12.1. The van der Waals surface area contributed by atoms with Crippen molar-refractivity contribution in [3.05, 3.63) is 0 Å². The number of guanidine groups is 1. The van der Waals surface area contributed by atoms with E-state index in [1.54, 1.807) is 7.05 Å². The molecule has 1 saturated heterocycles. The maximum Gasteiger partial charge on any atom is 0.408 e. The van der Waals surface area contributed by atoms with Gasteiger partial charge in [-0.1, -0.05) is 12.8 Å². The van der Waals surface area contributed by atoms with Crippen LogP contribution < -0.4 is 16.0 Å². The van der Waals surface area contributed by atoms with Crippen LogP contribution in [0.2, 0.25) is 0 Å². The molecule has 0 aromatic rings. The van der Waals surface area contributed by atoms with Gasteiger partial charge in [0.2, 0.25) is 0 Å². The smallest absolute Gasteiger partial charge is 0.408 e. The maximum atomic E-state index is 12.1. The Labute approximate surface area is 169 Å². The number of fused-ring (bicyclic) bond motifs is 2. The summed E-state index contributed by atoms with van der Waals surface area (Å²) in [7, 11) is 1.80. The summed E-state index contributed by atoms with van der Waals surface area (Å²) in [6, 6.07) is 0.427. The van der Waals surface area contributed by atoms with Gasteiger partial charge in [-0.3, -0.25) is 4.99 Å². The molecule has 0 bridgehead atoms. The molecule has 2 saturated carbocycles. The first-order chi connectivity index (χ1) is 13.1. The van der Waals surface area contributed by atoms with Gasteiger partial charge in [-0.05, 0) is 53.9 Å². The lowest BCUT2D eigenvalue weighted by Crippen LogP contribution is -2.69. The minimum Gasteiger partial charge on any atom is -0.444 e. The largest absolute Gasteiger partial charge is 0.444 e. The predicted octanol–water partition coefficient (Wildman–Crippen LogP) is 2.80. The van der Waals surface area contributed by atoms with Crippen LogP contribution in [0.4, 0.5) is 4.79 Å². The van der Waals surface area contributed by atoms with Crippen LogP contribution in [0.1, 0.15) is 66.7 Å². The Morgan fingerprint density at radius 1 is 1.21 bits per heavy atom. The van der Waals surface area contributed by atoms with Crippen molar-refractivity contribution < 1.29 is 14.3 Å². The topological polar surface area (TPSA) is 84.0 Å². The van der Waals surface area contributed by atoms with Crippen molar-refractivity contribution in [1.82, 2.24) is 16.0 Å². The van der Waals surface area contributed by atoms with Crippen molar-refractivity contribution in [3.8, 4) is 0 Å². The van der Waals surface area contributed by atoms with Gasteiger partial charge >= 0.3 is 6.09 Å². The van der Waals surface area contributed by atoms with Gasteiger partial charge in [0.05, 0.1) is 11.6 Å². The predicted molar refractivity (Wildman–Crippen MR) is 110 cm³/mol. The molecule has 1 aliphatic heterocycles. The molecule has 3 atom stereocenters. The molecule has 0 aromatic heterocycles. The Morgan fingerprint density at radius 3 is 2.50 bits per heavy atom. The van der Waals surface area contributed by atoms with Crippen LogP contribution in [0.15, 0.2) is 4.99 Å². The lowest BCUT2D eigenvalue weighted by molar-refractivity contribution is -0.125. The normalized spacial score (nSPS) is 29.2. The molecule has 1 heterocycles. The van der Waals surface area contributed by atoms with E-state index in [2.05, 4.69) is 20.9 Å². The van der Waals surface area contributed by atoms with Crippen LogP contribution in [-0.4, -0.2) is 55.5 Å². The Balaban J connectivity index is 1.54. The average Bonchev–Trinajstić information content (AvgIpc) is 3.21. The minimum atomic E-state index is -0.509. The highest BCUT2D eigenvalue weighted by Gasteiger charge is 2.65. The van der Waals surface area contributed by atoms with Crippen molar-refractivity contribution in [3.63, 3.8) is 0 Å². The molecular formula is C21H38N4O3. The number of hydrogen-bond donors (Lipinski definition) is 3. The summed E-state index contributed by atoms with van der Waals surface area (Å²) >= 11 is 0. The number of aliphatic imine (C=N–C) groups is 1. The molecule has 0 aromatic carbocycles. The van der Waals surface area contributed by atoms with Crippen molar-refractivity contribution >= 4 is 12.1 Å². The summed E-state index contributed by atoms with van der Waals surface area (Å²) in [5.41, 5.74) is -0.697. The molecule has 3 fully saturated rings. The van der Waals surface area contributed by atoms with E-state index in [1.165, 1.54) is 25.7 Å². The number of alkyl carbamates (subject to hydrolysis) is 1. The van der Waals surface area contributed by atoms with Gasteiger partial charge in [0.15, 0.2) is 5.96 Å². The van der Waals surface area contributed by atoms with Gasteiger partial charge in [-0.15, -0.1) is 0 Å². The molecule has 2 aliphatic carbocycles. The van der Waals surface area contributed by atoms with E-state index in [4.69, 9.17) is 9.47 Å². The zero-order valence-electron chi connectivity index (χ0n) is 18.4. The first-order valence-corrected chi connectivity index (χ1v) is 10.7. The molecule has 3 N–H and O–H groups in total. The third-order valence-electron chi connectivity index (χ3n) is 6.34. The molecule has 3 rings (SSSR count). The molecule has 28 heavy (non-hydrogen) atoms. The number of rotatable bonds is 4. The Morgan fingerprint density at radius 2 is 1.89 bits per heavy atom. The Hall–Kier alpha value is -1.50. The number of nitrogens with zero attached hydrogens (tertiary/aromatic N) is 1. The van der Waals surface area contributed by atoms with E-state index in [1.807, 2.05) is 34.6 Å². The number of amides is 1. The fraction of sp³-hybridized carbons (Fsp3) is 0.905. The highest BCUT2D eigenvalue weighted by Crippen LogP contribution is 2.60. The van der Waals surface area contributed by atoms with Crippen molar-refractivity contribution in [2.24, 2.45) is 16.3 Å². The van der Waals surface area contributed by atoms with Crippen molar-refractivity contribution in [1.29, 1.82) is 0 Å². The van der Waals surface area contributed by atoms with Crippen LogP contribution in [0.5, 0.6) is 0 Å². The second-order valence-electron chi connectivity index (χ2n) is 10.2. The van der Waals surface area contributed by atoms with Gasteiger partial charge in [-0.2, -0.15) is 0 Å². The van der Waals surface area contributed by atoms with Crippen LogP contribution in [0, 0.1) is 11.3 Å². The highest BCUT2D eigenvalue weighted by atomic mass is 16.6. The van der Waals surface area contributed by atoms with Gasteiger partial charge in [0.25, 0.3) is 0 Å². The number of ether oxygens (including phenoxy) is 2. The first-order valence-electron chi connectivity index (χ1n) is 10.7. The fourth-order valence-electron chi connectivity index (χ4n) is 5.17. The molecule has 1 amide bonds. The zero-order chi connectivity index (χ0) is 20.6. The summed E-state index contributed by atoms with van der Waals surface area (Å²) in [6.45, 7) is 11.0. The molecule has 3 aliphatic rings. The SMILES string of the molecule is CN=C(NCC(C)(C)NC(=O)OC(C)(C)C)NC1C2CCOC2C12CCCC2. The van der Waals surface area contributed by atoms with Crippen LogP contribution >= 0.6 is 0 Å². The summed E-state index contributed by atoms with van der Waals surface area (Å²) < 4.78 is 11.4. The van der Waals surface area contributed by atoms with E-state index in [0.717, 1.165) is 19.0 Å². The van der Waals surface area contributed by atoms with E-state index in [9.17, 15) is 4.79 Å². The van der Waals surface area contributed by atoms with Crippen LogP contribution in [-0.2, 0) is 9.47 Å². The standard InChI is InChI=1S/C21H38N4O3/c1-19(2,3)28-18(26)25-20(4,5)13-23-17(22-6)24-15-14-9-12-27-16(14)21(15)10-7-8-11-21/h14-16H,7-13H2,1-6H3,(H,25,26)(H2,22,23,24). The number of carbonyl (C=O) groups is 1. The third-order valence-corrected chi connectivity index (χ3v) is 6.34. The van der Waals surface area contributed by atoms with Gasteiger partial charge in [0, 0.05) is 37.6 Å². The van der Waals surface area contributed by atoms with E-state index in [0.29, 0.717) is 24.6 Å². The average molecular weight is 395 g/mol. The molecular weight excluding hydrogens is 356 g/mol. The number of nitrogens with one attached hydrogen (secondary N) is 3. The first kappa shape index (κ1) is 21.2. The number of carbonyl (C=O) groups excluding carboxylic acids is 1. The van der Waals surface area contributed by atoms with Gasteiger partial charge < -0.3 is 25.4 Å². The van der Waals surface area contributed by atoms with E-state index >= 15 is 0 Å². The Kier molecular flexibility index (Phi) is 5.86. The molecule has 0 radical (unpaired) electrons. The number of hydrogen-bond acceptors (Lipinski definition) is 4. The summed E-state index contributed by atoms with van der Waals surface area (Å²) in [6.07, 6.45) is 6.23. The molecule has 160 valence electrons.